The summed E-state index contributed by atoms with van der Waals surface area (Å²) in [6.45, 7) is 1.36. The maximum Gasteiger partial charge on any atom is 0.165 e. The first kappa shape index (κ1) is 10.4. The summed E-state index contributed by atoms with van der Waals surface area (Å²) in [4.78, 5) is 0. The highest BCUT2D eigenvalue weighted by molar-refractivity contribution is 5.24. The quantitative estimate of drug-likeness (QED) is 0.830. The lowest BCUT2D eigenvalue weighted by Gasteiger charge is -2.12. The maximum absolute atomic E-state index is 13.1. The van der Waals surface area contributed by atoms with Crippen LogP contribution in [0.15, 0.2) is 18.2 Å². The minimum atomic E-state index is -0.519. The Balaban J connectivity index is 1.94. The van der Waals surface area contributed by atoms with Gasteiger partial charge in [-0.3, -0.25) is 0 Å². The van der Waals surface area contributed by atoms with Crippen molar-refractivity contribution in [3.05, 3.63) is 29.8 Å². The molecule has 1 atom stereocenters. The monoisotopic (exact) mass is 213 g/mol. The van der Waals surface area contributed by atoms with Crippen molar-refractivity contribution in [2.75, 3.05) is 13.2 Å². The van der Waals surface area contributed by atoms with Gasteiger partial charge in [0, 0.05) is 12.1 Å². The Morgan fingerprint density at radius 3 is 3.00 bits per heavy atom. The number of hydrogen-bond donors (Lipinski definition) is 1. The van der Waals surface area contributed by atoms with Gasteiger partial charge in [0.15, 0.2) is 11.6 Å². The molecular weight excluding hydrogens is 200 g/mol. The fourth-order valence-electron chi connectivity index (χ4n) is 1.68. The van der Waals surface area contributed by atoms with Gasteiger partial charge >= 0.3 is 0 Å². The minimum absolute atomic E-state index is 0.0105. The van der Waals surface area contributed by atoms with Crippen LogP contribution in [0.1, 0.15) is 12.8 Å². The number of hydrogen-bond acceptors (Lipinski definition) is 2. The van der Waals surface area contributed by atoms with Crippen molar-refractivity contribution < 1.29 is 13.5 Å². The molecule has 0 saturated carbocycles. The minimum Gasteiger partial charge on any atom is -0.489 e. The molecule has 0 aliphatic carbocycles. The Morgan fingerprint density at radius 2 is 2.27 bits per heavy atom. The second-order valence-corrected chi connectivity index (χ2v) is 3.68. The van der Waals surface area contributed by atoms with Crippen molar-refractivity contribution in [3.63, 3.8) is 0 Å². The largest absolute Gasteiger partial charge is 0.489 e. The molecule has 82 valence electrons. The molecule has 15 heavy (non-hydrogen) atoms. The molecule has 0 radical (unpaired) electrons. The summed E-state index contributed by atoms with van der Waals surface area (Å²) in [7, 11) is 0. The van der Waals surface area contributed by atoms with Gasteiger partial charge in [0.25, 0.3) is 0 Å². The Kier molecular flexibility index (Phi) is 3.16. The van der Waals surface area contributed by atoms with Crippen LogP contribution in [0.3, 0.4) is 0 Å². The average molecular weight is 213 g/mol. The molecule has 1 aromatic rings. The normalized spacial score (nSPS) is 20.5. The Hall–Kier alpha value is -1.16. The van der Waals surface area contributed by atoms with Crippen molar-refractivity contribution in [2.45, 2.75) is 18.9 Å². The van der Waals surface area contributed by atoms with Crippen LogP contribution >= 0.6 is 0 Å². The van der Waals surface area contributed by atoms with Gasteiger partial charge in [-0.05, 0) is 31.5 Å². The first-order valence-corrected chi connectivity index (χ1v) is 5.07. The van der Waals surface area contributed by atoms with Gasteiger partial charge in [0.2, 0.25) is 0 Å². The standard InChI is InChI=1S/C11H13F2NO/c12-8-3-4-10(13)11(6-8)15-7-9-2-1-5-14-9/h3-4,6,9,14H,1-2,5,7H2/t9-/m1/s1. The molecule has 1 fully saturated rings. The summed E-state index contributed by atoms with van der Waals surface area (Å²) in [6, 6.07) is 3.49. The van der Waals surface area contributed by atoms with E-state index in [1.54, 1.807) is 0 Å². The van der Waals surface area contributed by atoms with Gasteiger partial charge in [-0.1, -0.05) is 0 Å². The van der Waals surface area contributed by atoms with Crippen LogP contribution in [-0.4, -0.2) is 19.2 Å². The van der Waals surface area contributed by atoms with Crippen LogP contribution in [0.25, 0.3) is 0 Å². The lowest BCUT2D eigenvalue weighted by atomic mass is 10.2. The third kappa shape index (κ3) is 2.65. The van der Waals surface area contributed by atoms with Crippen molar-refractivity contribution in [3.8, 4) is 5.75 Å². The summed E-state index contributed by atoms with van der Waals surface area (Å²) >= 11 is 0. The van der Waals surface area contributed by atoms with E-state index in [0.717, 1.165) is 37.6 Å². The fraction of sp³-hybridized carbons (Fsp3) is 0.455. The zero-order valence-electron chi connectivity index (χ0n) is 8.30. The molecule has 0 bridgehead atoms. The molecule has 1 aliphatic rings. The second-order valence-electron chi connectivity index (χ2n) is 3.68. The number of halogens is 2. The van der Waals surface area contributed by atoms with Crippen molar-refractivity contribution >= 4 is 0 Å². The highest BCUT2D eigenvalue weighted by Crippen LogP contribution is 2.18. The SMILES string of the molecule is Fc1ccc(F)c(OC[C@H]2CCCN2)c1. The van der Waals surface area contributed by atoms with Crippen molar-refractivity contribution in [1.82, 2.24) is 5.32 Å². The van der Waals surface area contributed by atoms with Gasteiger partial charge < -0.3 is 10.1 Å². The first-order chi connectivity index (χ1) is 7.25. The third-order valence-corrected chi connectivity index (χ3v) is 2.50. The van der Waals surface area contributed by atoms with Gasteiger partial charge in [-0.15, -0.1) is 0 Å². The molecule has 1 N–H and O–H groups in total. The van der Waals surface area contributed by atoms with Crippen molar-refractivity contribution in [2.24, 2.45) is 0 Å². The number of ether oxygens (including phenoxy) is 1. The van der Waals surface area contributed by atoms with E-state index in [4.69, 9.17) is 4.74 Å². The molecule has 0 unspecified atom stereocenters. The van der Waals surface area contributed by atoms with Gasteiger partial charge in [-0.25, -0.2) is 8.78 Å². The Morgan fingerprint density at radius 1 is 1.40 bits per heavy atom. The lowest BCUT2D eigenvalue weighted by Crippen LogP contribution is -2.28. The summed E-state index contributed by atoms with van der Waals surface area (Å²) < 4.78 is 31.1. The average Bonchev–Trinajstić information content (AvgIpc) is 2.72. The molecular formula is C11H13F2NO. The molecule has 1 aliphatic heterocycles. The zero-order chi connectivity index (χ0) is 10.7. The maximum atomic E-state index is 13.1. The van der Waals surface area contributed by atoms with Crippen LogP contribution in [0.4, 0.5) is 8.78 Å². The predicted octanol–water partition coefficient (Wildman–Crippen LogP) is 2.10. The molecule has 1 heterocycles. The van der Waals surface area contributed by atoms with E-state index in [-0.39, 0.29) is 11.8 Å². The Labute approximate surface area is 87.2 Å². The molecule has 2 nitrogen and oxygen atoms in total. The summed E-state index contributed by atoms with van der Waals surface area (Å²) in [6.07, 6.45) is 2.14. The van der Waals surface area contributed by atoms with E-state index in [1.807, 2.05) is 0 Å². The molecule has 2 rings (SSSR count). The number of rotatable bonds is 3. The van der Waals surface area contributed by atoms with Gasteiger partial charge in [-0.2, -0.15) is 0 Å². The van der Waals surface area contributed by atoms with E-state index in [0.29, 0.717) is 6.61 Å². The molecule has 0 aromatic heterocycles. The smallest absolute Gasteiger partial charge is 0.165 e. The molecule has 0 spiro atoms. The molecule has 1 saturated heterocycles. The lowest BCUT2D eigenvalue weighted by molar-refractivity contribution is 0.264. The zero-order valence-corrected chi connectivity index (χ0v) is 8.30. The topological polar surface area (TPSA) is 21.3 Å². The molecule has 1 aromatic carbocycles. The third-order valence-electron chi connectivity index (χ3n) is 2.50. The van der Waals surface area contributed by atoms with Crippen LogP contribution in [0.5, 0.6) is 5.75 Å². The summed E-state index contributed by atoms with van der Waals surface area (Å²) in [5, 5.41) is 3.22. The number of nitrogens with one attached hydrogen (secondary N) is 1. The van der Waals surface area contributed by atoms with E-state index in [2.05, 4.69) is 5.32 Å². The number of benzene rings is 1. The highest BCUT2D eigenvalue weighted by atomic mass is 19.1. The van der Waals surface area contributed by atoms with E-state index < -0.39 is 11.6 Å². The molecule has 4 heteroatoms. The van der Waals surface area contributed by atoms with E-state index >= 15 is 0 Å². The summed E-state index contributed by atoms with van der Waals surface area (Å²) in [5.41, 5.74) is 0. The summed E-state index contributed by atoms with van der Waals surface area (Å²) in [5.74, 6) is -1.01. The van der Waals surface area contributed by atoms with Gasteiger partial charge in [0.1, 0.15) is 12.4 Å². The van der Waals surface area contributed by atoms with E-state index in [1.165, 1.54) is 0 Å². The van der Waals surface area contributed by atoms with Gasteiger partial charge in [0.05, 0.1) is 0 Å². The van der Waals surface area contributed by atoms with Crippen LogP contribution < -0.4 is 10.1 Å². The fourth-order valence-corrected chi connectivity index (χ4v) is 1.68. The predicted molar refractivity (Wildman–Crippen MR) is 52.9 cm³/mol. The van der Waals surface area contributed by atoms with Crippen LogP contribution in [0, 0.1) is 11.6 Å². The second kappa shape index (κ2) is 4.57. The molecule has 0 amide bonds. The highest BCUT2D eigenvalue weighted by Gasteiger charge is 2.15. The Bertz CT molecular complexity index is 337. The van der Waals surface area contributed by atoms with Crippen LogP contribution in [-0.2, 0) is 0 Å². The first-order valence-electron chi connectivity index (χ1n) is 5.07. The van der Waals surface area contributed by atoms with Crippen molar-refractivity contribution in [1.29, 1.82) is 0 Å². The van der Waals surface area contributed by atoms with Crippen LogP contribution in [0.2, 0.25) is 0 Å². The van der Waals surface area contributed by atoms with E-state index in [9.17, 15) is 8.78 Å².